The Balaban J connectivity index is 1.74. The summed E-state index contributed by atoms with van der Waals surface area (Å²) in [5, 5.41) is 12.8. The van der Waals surface area contributed by atoms with Crippen molar-refractivity contribution in [1.29, 1.82) is 5.26 Å². The summed E-state index contributed by atoms with van der Waals surface area (Å²) in [5.41, 5.74) is 2.37. The molecule has 26 heavy (non-hydrogen) atoms. The average molecular weight is 386 g/mol. The first-order chi connectivity index (χ1) is 12.6. The monoisotopic (exact) mass is 385 g/mol. The van der Waals surface area contributed by atoms with Crippen molar-refractivity contribution in [1.82, 2.24) is 0 Å². The number of carbonyl (C=O) groups is 1. The number of benzene rings is 2. The first-order valence-electron chi connectivity index (χ1n) is 8.30. The largest absolute Gasteiger partial charge is 0.372 e. The van der Waals surface area contributed by atoms with Gasteiger partial charge in [0.05, 0.1) is 10.7 Å². The van der Waals surface area contributed by atoms with Crippen LogP contribution in [0.1, 0.15) is 18.4 Å². The van der Waals surface area contributed by atoms with E-state index in [1.54, 1.807) is 18.2 Å². The van der Waals surface area contributed by atoms with E-state index >= 15 is 0 Å². The van der Waals surface area contributed by atoms with Crippen molar-refractivity contribution in [2.24, 2.45) is 0 Å². The van der Waals surface area contributed by atoms with Crippen LogP contribution < -0.4 is 10.2 Å². The lowest BCUT2D eigenvalue weighted by Gasteiger charge is -2.17. The molecule has 4 nitrogen and oxygen atoms in total. The lowest BCUT2D eigenvalue weighted by molar-refractivity contribution is -0.112. The SMILES string of the molecule is N#CC(=Cc1ccc(N2CCCC2)cc1)C(=O)Nc1ccc(Cl)cc1Cl. The lowest BCUT2D eigenvalue weighted by Crippen LogP contribution is -2.17. The maximum Gasteiger partial charge on any atom is 0.266 e. The zero-order valence-corrected chi connectivity index (χ0v) is 15.5. The molecule has 1 aliphatic heterocycles. The van der Waals surface area contributed by atoms with Gasteiger partial charge in [0.15, 0.2) is 0 Å². The topological polar surface area (TPSA) is 56.1 Å². The van der Waals surface area contributed by atoms with Gasteiger partial charge in [-0.3, -0.25) is 4.79 Å². The van der Waals surface area contributed by atoms with Gasteiger partial charge in [-0.15, -0.1) is 0 Å². The third-order valence-electron chi connectivity index (χ3n) is 4.22. The lowest BCUT2D eigenvalue weighted by atomic mass is 10.1. The molecule has 0 aliphatic carbocycles. The van der Waals surface area contributed by atoms with Crippen LogP contribution in [0.25, 0.3) is 6.08 Å². The first-order valence-corrected chi connectivity index (χ1v) is 9.05. The van der Waals surface area contributed by atoms with E-state index in [9.17, 15) is 10.1 Å². The van der Waals surface area contributed by atoms with Crippen LogP contribution >= 0.6 is 23.2 Å². The molecule has 0 radical (unpaired) electrons. The highest BCUT2D eigenvalue weighted by molar-refractivity contribution is 6.36. The molecule has 1 aliphatic rings. The summed E-state index contributed by atoms with van der Waals surface area (Å²) < 4.78 is 0. The fourth-order valence-electron chi connectivity index (χ4n) is 2.85. The van der Waals surface area contributed by atoms with E-state index in [0.29, 0.717) is 15.7 Å². The van der Waals surface area contributed by atoms with Gasteiger partial charge in [0.1, 0.15) is 11.6 Å². The fourth-order valence-corrected chi connectivity index (χ4v) is 3.31. The third kappa shape index (κ3) is 4.37. The van der Waals surface area contributed by atoms with Gasteiger partial charge >= 0.3 is 0 Å². The Morgan fingerprint density at radius 1 is 1.12 bits per heavy atom. The number of halogens is 2. The average Bonchev–Trinajstić information content (AvgIpc) is 3.17. The molecular formula is C20H17Cl2N3O. The molecular weight excluding hydrogens is 369 g/mol. The third-order valence-corrected chi connectivity index (χ3v) is 4.77. The zero-order chi connectivity index (χ0) is 18.5. The Hall–Kier alpha value is -2.48. The fraction of sp³-hybridized carbons (Fsp3) is 0.200. The Kier molecular flexibility index (Phi) is 5.82. The molecule has 6 heteroatoms. The smallest absolute Gasteiger partial charge is 0.266 e. The Morgan fingerprint density at radius 2 is 1.81 bits per heavy atom. The molecule has 0 saturated carbocycles. The number of rotatable bonds is 4. The van der Waals surface area contributed by atoms with Gasteiger partial charge in [-0.25, -0.2) is 0 Å². The second kappa shape index (κ2) is 8.27. The summed E-state index contributed by atoms with van der Waals surface area (Å²) in [6.07, 6.45) is 3.99. The number of carbonyl (C=O) groups excluding carboxylic acids is 1. The second-order valence-corrected chi connectivity index (χ2v) is 6.88. The van der Waals surface area contributed by atoms with Gasteiger partial charge < -0.3 is 10.2 Å². The van der Waals surface area contributed by atoms with E-state index in [1.807, 2.05) is 30.3 Å². The Morgan fingerprint density at radius 3 is 2.42 bits per heavy atom. The molecule has 0 bridgehead atoms. The molecule has 3 rings (SSSR count). The second-order valence-electron chi connectivity index (χ2n) is 6.03. The highest BCUT2D eigenvalue weighted by atomic mass is 35.5. The molecule has 1 heterocycles. The van der Waals surface area contributed by atoms with E-state index in [4.69, 9.17) is 23.2 Å². The van der Waals surface area contributed by atoms with Crippen LogP contribution in [0.5, 0.6) is 0 Å². The molecule has 0 aromatic heterocycles. The van der Waals surface area contributed by atoms with Crippen molar-refractivity contribution in [3.05, 3.63) is 63.6 Å². The molecule has 2 aromatic carbocycles. The van der Waals surface area contributed by atoms with Crippen molar-refractivity contribution in [2.45, 2.75) is 12.8 Å². The van der Waals surface area contributed by atoms with Crippen LogP contribution in [-0.4, -0.2) is 19.0 Å². The predicted octanol–water partition coefficient (Wildman–Crippen LogP) is 5.14. The van der Waals surface area contributed by atoms with Crippen molar-refractivity contribution in [2.75, 3.05) is 23.3 Å². The molecule has 2 aromatic rings. The van der Waals surface area contributed by atoms with Gasteiger partial charge in [0.25, 0.3) is 5.91 Å². The molecule has 1 fully saturated rings. The summed E-state index contributed by atoms with van der Waals surface area (Å²) in [6.45, 7) is 2.14. The van der Waals surface area contributed by atoms with Crippen molar-refractivity contribution in [3.63, 3.8) is 0 Å². The van der Waals surface area contributed by atoms with Crippen LogP contribution in [0.3, 0.4) is 0 Å². The maximum absolute atomic E-state index is 12.4. The number of nitrogens with zero attached hydrogens (tertiary/aromatic N) is 2. The van der Waals surface area contributed by atoms with Crippen molar-refractivity contribution < 1.29 is 4.79 Å². The van der Waals surface area contributed by atoms with Gasteiger partial charge in [-0.05, 0) is 54.8 Å². The first kappa shape index (κ1) is 18.3. The Labute approximate surface area is 162 Å². The zero-order valence-electron chi connectivity index (χ0n) is 14.0. The van der Waals surface area contributed by atoms with Crippen LogP contribution in [-0.2, 0) is 4.79 Å². The van der Waals surface area contributed by atoms with E-state index in [-0.39, 0.29) is 5.57 Å². The van der Waals surface area contributed by atoms with Crippen LogP contribution in [0, 0.1) is 11.3 Å². The van der Waals surface area contributed by atoms with E-state index in [2.05, 4.69) is 10.2 Å². The van der Waals surface area contributed by atoms with E-state index in [0.717, 1.165) is 24.3 Å². The molecule has 0 spiro atoms. The minimum absolute atomic E-state index is 0.00457. The summed E-state index contributed by atoms with van der Waals surface area (Å²) in [4.78, 5) is 14.7. The highest BCUT2D eigenvalue weighted by Gasteiger charge is 2.13. The predicted molar refractivity (Wildman–Crippen MR) is 107 cm³/mol. The van der Waals surface area contributed by atoms with Crippen molar-refractivity contribution in [3.8, 4) is 6.07 Å². The van der Waals surface area contributed by atoms with Crippen LogP contribution in [0.4, 0.5) is 11.4 Å². The summed E-state index contributed by atoms with van der Waals surface area (Å²) in [7, 11) is 0. The van der Waals surface area contributed by atoms with E-state index < -0.39 is 5.91 Å². The van der Waals surface area contributed by atoms with E-state index in [1.165, 1.54) is 18.9 Å². The molecule has 0 atom stereocenters. The number of hydrogen-bond acceptors (Lipinski definition) is 3. The van der Waals surface area contributed by atoms with Gasteiger partial charge in [-0.1, -0.05) is 35.3 Å². The summed E-state index contributed by atoms with van der Waals surface area (Å²) in [5.74, 6) is -0.514. The number of nitrogens with one attached hydrogen (secondary N) is 1. The van der Waals surface area contributed by atoms with Crippen LogP contribution in [0.2, 0.25) is 10.0 Å². The molecule has 132 valence electrons. The summed E-state index contributed by atoms with van der Waals surface area (Å²) >= 11 is 11.9. The number of hydrogen-bond donors (Lipinski definition) is 1. The molecule has 1 saturated heterocycles. The molecule has 1 N–H and O–H groups in total. The standard InChI is InChI=1S/C20H17Cl2N3O/c21-16-5-8-19(18(22)12-16)24-20(26)15(13-23)11-14-3-6-17(7-4-14)25-9-1-2-10-25/h3-8,11-12H,1-2,9-10H2,(H,24,26). The maximum atomic E-state index is 12.4. The normalized spacial score (nSPS) is 14.2. The Bertz CT molecular complexity index is 879. The van der Waals surface area contributed by atoms with Gasteiger partial charge in [-0.2, -0.15) is 5.26 Å². The molecule has 1 amide bonds. The van der Waals surface area contributed by atoms with Crippen LogP contribution in [0.15, 0.2) is 48.0 Å². The molecule has 0 unspecified atom stereocenters. The van der Waals surface area contributed by atoms with Gasteiger partial charge in [0, 0.05) is 23.8 Å². The van der Waals surface area contributed by atoms with Gasteiger partial charge in [0.2, 0.25) is 0 Å². The number of amides is 1. The minimum atomic E-state index is -0.514. The number of anilines is 2. The quantitative estimate of drug-likeness (QED) is 0.585. The minimum Gasteiger partial charge on any atom is -0.372 e. The summed E-state index contributed by atoms with van der Waals surface area (Å²) in [6, 6.07) is 14.5. The number of nitriles is 1. The van der Waals surface area contributed by atoms with Crippen molar-refractivity contribution >= 4 is 46.6 Å². The highest BCUT2D eigenvalue weighted by Crippen LogP contribution is 2.26.